The second-order valence-electron chi connectivity index (χ2n) is 6.73. The van der Waals surface area contributed by atoms with Gasteiger partial charge in [0.2, 0.25) is 0 Å². The summed E-state index contributed by atoms with van der Waals surface area (Å²) in [6.45, 7) is 11.6. The maximum Gasteiger partial charge on any atom is 0.111 e. The minimum Gasteiger partial charge on any atom is -0.355 e. The molecule has 104 valence electrons. The Labute approximate surface area is 111 Å². The second-order valence-corrected chi connectivity index (χ2v) is 6.73. The van der Waals surface area contributed by atoms with Crippen LogP contribution in [0.1, 0.15) is 40.5 Å². The lowest BCUT2D eigenvalue weighted by molar-refractivity contribution is -0.283. The lowest BCUT2D eigenvalue weighted by atomic mass is 9.90. The molecule has 0 saturated carbocycles. The van der Waals surface area contributed by atoms with Crippen molar-refractivity contribution in [3.05, 3.63) is 11.8 Å². The topological polar surface area (TPSA) is 30.0 Å². The molecule has 18 heavy (non-hydrogen) atoms. The molecule has 2 rings (SSSR count). The monoisotopic (exact) mass is 253 g/mol. The molecule has 0 aromatic rings. The van der Waals surface area contributed by atoms with E-state index in [-0.39, 0.29) is 11.2 Å². The molecule has 0 aliphatic carbocycles. The molecule has 0 spiro atoms. The van der Waals surface area contributed by atoms with Gasteiger partial charge in [-0.2, -0.15) is 5.06 Å². The van der Waals surface area contributed by atoms with Crippen LogP contribution >= 0.6 is 0 Å². The molecule has 0 aromatic carbocycles. The summed E-state index contributed by atoms with van der Waals surface area (Å²) < 4.78 is 0. The van der Waals surface area contributed by atoms with E-state index in [1.807, 2.05) is 0 Å². The quantitative estimate of drug-likeness (QED) is 0.775. The third-order valence-corrected chi connectivity index (χ3v) is 4.43. The smallest absolute Gasteiger partial charge is 0.111 e. The van der Waals surface area contributed by atoms with E-state index in [9.17, 15) is 5.21 Å². The normalized spacial score (nSPS) is 29.2. The van der Waals surface area contributed by atoms with Gasteiger partial charge in [-0.25, -0.2) is 0 Å². The Morgan fingerprint density at radius 3 is 2.39 bits per heavy atom. The van der Waals surface area contributed by atoms with Crippen molar-refractivity contribution in [3.63, 3.8) is 0 Å². The fourth-order valence-electron chi connectivity index (χ4n) is 3.12. The maximum atomic E-state index is 10.5. The fraction of sp³-hybridized carbons (Fsp3) is 0.857. The third kappa shape index (κ3) is 2.29. The predicted molar refractivity (Wildman–Crippen MR) is 73.3 cm³/mol. The highest BCUT2D eigenvalue weighted by Gasteiger charge is 2.46. The van der Waals surface area contributed by atoms with Gasteiger partial charge < -0.3 is 15.0 Å². The Balaban J connectivity index is 2.20. The lowest BCUT2D eigenvalue weighted by Gasteiger charge is -2.56. The number of hydrogen-bond donors (Lipinski definition) is 1. The minimum absolute atomic E-state index is 0.147. The molecule has 2 heterocycles. The van der Waals surface area contributed by atoms with Crippen molar-refractivity contribution in [2.24, 2.45) is 0 Å². The van der Waals surface area contributed by atoms with Gasteiger partial charge in [-0.1, -0.05) is 6.08 Å². The summed E-state index contributed by atoms with van der Waals surface area (Å²) in [6.07, 6.45) is 4.37. The van der Waals surface area contributed by atoms with Gasteiger partial charge in [-0.15, -0.1) is 0 Å². The Bertz CT molecular complexity index is 349. The highest BCUT2D eigenvalue weighted by Crippen LogP contribution is 2.37. The van der Waals surface area contributed by atoms with Crippen LogP contribution in [0.2, 0.25) is 0 Å². The summed E-state index contributed by atoms with van der Waals surface area (Å²) in [5, 5.41) is 12.0. The molecule has 2 aliphatic heterocycles. The van der Waals surface area contributed by atoms with Crippen molar-refractivity contribution in [1.29, 1.82) is 0 Å². The molecule has 0 radical (unpaired) electrons. The van der Waals surface area contributed by atoms with Gasteiger partial charge in [0.15, 0.2) is 0 Å². The molecule has 4 nitrogen and oxygen atoms in total. The van der Waals surface area contributed by atoms with Gasteiger partial charge in [-0.05, 0) is 47.6 Å². The molecule has 4 heteroatoms. The van der Waals surface area contributed by atoms with E-state index in [2.05, 4.69) is 50.6 Å². The van der Waals surface area contributed by atoms with Crippen molar-refractivity contribution in [1.82, 2.24) is 14.9 Å². The molecule has 2 aliphatic rings. The average molecular weight is 253 g/mol. The Morgan fingerprint density at radius 1 is 1.17 bits per heavy atom. The number of likely N-dealkylation sites (N-methyl/N-ethyl adjacent to an activating group) is 1. The van der Waals surface area contributed by atoms with E-state index in [1.165, 1.54) is 10.8 Å². The van der Waals surface area contributed by atoms with Crippen LogP contribution in [-0.2, 0) is 0 Å². The van der Waals surface area contributed by atoms with Crippen LogP contribution in [0.4, 0.5) is 0 Å². The van der Waals surface area contributed by atoms with E-state index >= 15 is 0 Å². The Morgan fingerprint density at radius 2 is 1.83 bits per heavy atom. The highest BCUT2D eigenvalue weighted by molar-refractivity contribution is 5.12. The van der Waals surface area contributed by atoms with Gasteiger partial charge >= 0.3 is 0 Å². The first-order valence-corrected chi connectivity index (χ1v) is 6.89. The van der Waals surface area contributed by atoms with Gasteiger partial charge in [0.25, 0.3) is 0 Å². The molecule has 0 unspecified atom stereocenters. The van der Waals surface area contributed by atoms with Crippen LogP contribution in [0.15, 0.2) is 11.8 Å². The summed E-state index contributed by atoms with van der Waals surface area (Å²) in [4.78, 5) is 4.69. The van der Waals surface area contributed by atoms with Gasteiger partial charge in [0.05, 0.1) is 0 Å². The molecule has 0 amide bonds. The van der Waals surface area contributed by atoms with E-state index < -0.39 is 0 Å². The van der Waals surface area contributed by atoms with E-state index in [1.54, 1.807) is 0 Å². The molecule has 0 atom stereocenters. The molecular weight excluding hydrogens is 226 g/mol. The van der Waals surface area contributed by atoms with Crippen molar-refractivity contribution in [3.8, 4) is 0 Å². The first-order chi connectivity index (χ1) is 8.25. The van der Waals surface area contributed by atoms with Crippen LogP contribution in [-0.4, -0.2) is 58.0 Å². The van der Waals surface area contributed by atoms with Crippen LogP contribution in [0.5, 0.6) is 0 Å². The number of rotatable bonds is 1. The lowest BCUT2D eigenvalue weighted by Crippen LogP contribution is -2.66. The third-order valence-electron chi connectivity index (χ3n) is 4.43. The van der Waals surface area contributed by atoms with E-state index in [0.29, 0.717) is 0 Å². The van der Waals surface area contributed by atoms with Crippen LogP contribution in [0.25, 0.3) is 0 Å². The zero-order chi connectivity index (χ0) is 13.6. The van der Waals surface area contributed by atoms with Crippen molar-refractivity contribution >= 4 is 0 Å². The summed E-state index contributed by atoms with van der Waals surface area (Å²) in [5.74, 6) is 0. The summed E-state index contributed by atoms with van der Waals surface area (Å²) in [6, 6.07) is 0. The maximum absolute atomic E-state index is 10.5. The van der Waals surface area contributed by atoms with Gasteiger partial charge in [0, 0.05) is 30.9 Å². The standard InChI is InChI=1S/C14H27N3O/c1-13(2)8-11-16(14(3,4)17(13)18)12-6-9-15(5)10-7-12/h6,18H,7-11H2,1-5H3. The van der Waals surface area contributed by atoms with Crippen LogP contribution in [0.3, 0.4) is 0 Å². The molecule has 1 fully saturated rings. The number of hydroxylamine groups is 2. The largest absolute Gasteiger partial charge is 0.355 e. The molecular formula is C14H27N3O. The molecule has 0 aromatic heterocycles. The van der Waals surface area contributed by atoms with Crippen molar-refractivity contribution in [2.75, 3.05) is 26.7 Å². The van der Waals surface area contributed by atoms with E-state index in [0.717, 1.165) is 32.5 Å². The average Bonchev–Trinajstić information content (AvgIpc) is 2.28. The number of nitrogens with zero attached hydrogens (tertiary/aromatic N) is 3. The molecule has 1 N–H and O–H groups in total. The van der Waals surface area contributed by atoms with Crippen LogP contribution in [0, 0.1) is 0 Å². The second kappa shape index (κ2) is 4.51. The zero-order valence-electron chi connectivity index (χ0n) is 12.4. The van der Waals surface area contributed by atoms with Crippen molar-refractivity contribution < 1.29 is 5.21 Å². The van der Waals surface area contributed by atoms with Gasteiger partial charge in [-0.3, -0.25) is 0 Å². The first-order valence-electron chi connectivity index (χ1n) is 6.89. The summed E-state index contributed by atoms with van der Waals surface area (Å²) >= 11 is 0. The first kappa shape index (κ1) is 13.8. The zero-order valence-corrected chi connectivity index (χ0v) is 12.4. The van der Waals surface area contributed by atoms with Crippen molar-refractivity contribution in [2.45, 2.75) is 51.7 Å². The Hall–Kier alpha value is -0.580. The molecule has 0 bridgehead atoms. The minimum atomic E-state index is -0.330. The Kier molecular flexibility index (Phi) is 3.47. The summed E-state index contributed by atoms with van der Waals surface area (Å²) in [7, 11) is 2.15. The van der Waals surface area contributed by atoms with Crippen LogP contribution < -0.4 is 0 Å². The fourth-order valence-corrected chi connectivity index (χ4v) is 3.12. The number of hydrogen-bond acceptors (Lipinski definition) is 4. The summed E-state index contributed by atoms with van der Waals surface area (Å²) in [5.41, 5.74) is 0.905. The SMILES string of the molecule is CN1CC=C(N2CCC(C)(C)N(O)C2(C)C)CC1. The van der Waals surface area contributed by atoms with E-state index in [4.69, 9.17) is 0 Å². The molecule has 1 saturated heterocycles. The predicted octanol–water partition coefficient (Wildman–Crippen LogP) is 2.12. The van der Waals surface area contributed by atoms with Gasteiger partial charge in [0.1, 0.15) is 5.66 Å². The highest BCUT2D eigenvalue weighted by atomic mass is 16.5.